The largest absolute Gasteiger partial charge is 0.427 e. The van der Waals surface area contributed by atoms with Gasteiger partial charge in [0.05, 0.1) is 6.67 Å². The van der Waals surface area contributed by atoms with Crippen LogP contribution in [-0.2, 0) is 4.79 Å². The molecule has 0 aliphatic rings. The third-order valence-corrected chi connectivity index (χ3v) is 2.02. The quantitative estimate of drug-likeness (QED) is 0.424. The fourth-order valence-electron chi connectivity index (χ4n) is 1.15. The Kier molecular flexibility index (Phi) is 4.81. The summed E-state index contributed by atoms with van der Waals surface area (Å²) >= 11 is 0. The molecule has 82 valence electrons. The first-order chi connectivity index (χ1) is 7.22. The van der Waals surface area contributed by atoms with Crippen LogP contribution in [0.4, 0.5) is 4.39 Å². The van der Waals surface area contributed by atoms with Crippen LogP contribution in [0.3, 0.4) is 0 Å². The van der Waals surface area contributed by atoms with Crippen molar-refractivity contribution in [3.05, 3.63) is 29.8 Å². The van der Waals surface area contributed by atoms with Gasteiger partial charge in [-0.3, -0.25) is 9.18 Å². The summed E-state index contributed by atoms with van der Waals surface area (Å²) in [7, 11) is 0. The zero-order chi connectivity index (χ0) is 11.1. The van der Waals surface area contributed by atoms with Crippen LogP contribution in [0.5, 0.6) is 5.75 Å². The number of hydrogen-bond donors (Lipinski definition) is 0. The van der Waals surface area contributed by atoms with Crippen molar-refractivity contribution >= 4 is 5.97 Å². The third-order valence-electron chi connectivity index (χ3n) is 2.02. The molecular weight excluding hydrogens is 195 g/mol. The maximum Gasteiger partial charge on any atom is 0.311 e. The molecule has 0 fully saturated rings. The smallest absolute Gasteiger partial charge is 0.311 e. The summed E-state index contributed by atoms with van der Waals surface area (Å²) in [6.45, 7) is 1.59. The number of carbonyl (C=O) groups is 1. The first-order valence-corrected chi connectivity index (χ1v) is 5.05. The van der Waals surface area contributed by atoms with Gasteiger partial charge >= 0.3 is 5.97 Å². The van der Waals surface area contributed by atoms with E-state index in [1.54, 1.807) is 12.1 Å². The number of benzene rings is 1. The minimum atomic E-state index is -0.377. The monoisotopic (exact) mass is 210 g/mol. The number of carbonyl (C=O) groups excluding carboxylic acids is 1. The van der Waals surface area contributed by atoms with Crippen molar-refractivity contribution in [3.8, 4) is 5.75 Å². The minimum Gasteiger partial charge on any atom is -0.427 e. The molecule has 15 heavy (non-hydrogen) atoms. The van der Waals surface area contributed by atoms with Crippen LogP contribution in [0, 0.1) is 6.92 Å². The summed E-state index contributed by atoms with van der Waals surface area (Å²) in [4.78, 5) is 11.2. The highest BCUT2D eigenvalue weighted by atomic mass is 19.1. The molecule has 0 aromatic heterocycles. The van der Waals surface area contributed by atoms with Gasteiger partial charge in [0.2, 0.25) is 0 Å². The second-order valence-electron chi connectivity index (χ2n) is 3.43. The zero-order valence-corrected chi connectivity index (χ0v) is 8.83. The van der Waals surface area contributed by atoms with E-state index in [9.17, 15) is 9.18 Å². The minimum absolute atomic E-state index is 0.276. The van der Waals surface area contributed by atoms with Gasteiger partial charge in [-0.1, -0.05) is 17.7 Å². The molecule has 3 heteroatoms. The molecular formula is C12H15FO2. The van der Waals surface area contributed by atoms with Crippen molar-refractivity contribution < 1.29 is 13.9 Å². The van der Waals surface area contributed by atoms with Gasteiger partial charge < -0.3 is 4.74 Å². The molecule has 1 rings (SSSR count). The van der Waals surface area contributed by atoms with E-state index in [1.807, 2.05) is 19.1 Å². The Hall–Kier alpha value is -1.38. The SMILES string of the molecule is Cc1ccc(OC(=O)CCCCF)cc1. The zero-order valence-electron chi connectivity index (χ0n) is 8.83. The molecule has 2 nitrogen and oxygen atoms in total. The number of alkyl halides is 1. The highest BCUT2D eigenvalue weighted by Gasteiger charge is 2.03. The number of ether oxygens (including phenoxy) is 1. The fourth-order valence-corrected chi connectivity index (χ4v) is 1.15. The first kappa shape index (κ1) is 11.7. The van der Waals surface area contributed by atoms with E-state index in [0.717, 1.165) is 5.56 Å². The molecule has 0 radical (unpaired) electrons. The maximum absolute atomic E-state index is 11.8. The summed E-state index contributed by atoms with van der Waals surface area (Å²) in [6.07, 6.45) is 1.24. The van der Waals surface area contributed by atoms with Gasteiger partial charge in [0, 0.05) is 6.42 Å². The Morgan fingerprint density at radius 2 is 1.93 bits per heavy atom. The summed E-state index contributed by atoms with van der Waals surface area (Å²) < 4.78 is 16.8. The van der Waals surface area contributed by atoms with Crippen LogP contribution in [0.2, 0.25) is 0 Å². The van der Waals surface area contributed by atoms with E-state index in [-0.39, 0.29) is 19.1 Å². The summed E-state index contributed by atoms with van der Waals surface area (Å²) in [6, 6.07) is 7.26. The normalized spacial score (nSPS) is 10.0. The molecule has 1 aromatic carbocycles. The van der Waals surface area contributed by atoms with Crippen LogP contribution in [0.1, 0.15) is 24.8 Å². The van der Waals surface area contributed by atoms with Crippen LogP contribution < -0.4 is 4.74 Å². The predicted octanol–water partition coefficient (Wildman–Crippen LogP) is 3.04. The molecule has 0 atom stereocenters. The lowest BCUT2D eigenvalue weighted by Crippen LogP contribution is -2.07. The molecule has 0 aliphatic carbocycles. The van der Waals surface area contributed by atoms with E-state index in [1.165, 1.54) is 0 Å². The number of hydrogen-bond acceptors (Lipinski definition) is 2. The van der Waals surface area contributed by atoms with E-state index in [2.05, 4.69) is 0 Å². The van der Waals surface area contributed by atoms with Crippen LogP contribution in [0.15, 0.2) is 24.3 Å². The van der Waals surface area contributed by atoms with E-state index < -0.39 is 0 Å². The predicted molar refractivity (Wildman–Crippen MR) is 56.6 cm³/mol. The molecule has 0 saturated carbocycles. The van der Waals surface area contributed by atoms with Gasteiger partial charge in [0.25, 0.3) is 0 Å². The number of aryl methyl sites for hydroxylation is 1. The molecule has 0 saturated heterocycles. The Labute approximate surface area is 89.1 Å². The van der Waals surface area contributed by atoms with Crippen LogP contribution in [-0.4, -0.2) is 12.6 Å². The average Bonchev–Trinajstić information content (AvgIpc) is 2.22. The second-order valence-corrected chi connectivity index (χ2v) is 3.43. The van der Waals surface area contributed by atoms with E-state index >= 15 is 0 Å². The van der Waals surface area contributed by atoms with Crippen molar-refractivity contribution in [2.75, 3.05) is 6.67 Å². The molecule has 0 heterocycles. The highest BCUT2D eigenvalue weighted by Crippen LogP contribution is 2.12. The molecule has 0 spiro atoms. The fraction of sp³-hybridized carbons (Fsp3) is 0.417. The van der Waals surface area contributed by atoms with Gasteiger partial charge in [-0.2, -0.15) is 0 Å². The second kappa shape index (κ2) is 6.17. The number of esters is 1. The molecule has 0 bridgehead atoms. The van der Waals surface area contributed by atoms with E-state index in [4.69, 9.17) is 4.74 Å². The third kappa shape index (κ3) is 4.58. The Bertz CT molecular complexity index is 306. The van der Waals surface area contributed by atoms with Gasteiger partial charge in [0.15, 0.2) is 0 Å². The Morgan fingerprint density at radius 1 is 1.27 bits per heavy atom. The lowest BCUT2D eigenvalue weighted by Gasteiger charge is -2.03. The Balaban J connectivity index is 2.34. The molecule has 0 amide bonds. The van der Waals surface area contributed by atoms with Gasteiger partial charge in [0.1, 0.15) is 5.75 Å². The van der Waals surface area contributed by atoms with Crippen molar-refractivity contribution in [1.29, 1.82) is 0 Å². The van der Waals surface area contributed by atoms with Gasteiger partial charge in [-0.05, 0) is 31.9 Å². The average molecular weight is 210 g/mol. The van der Waals surface area contributed by atoms with Crippen molar-refractivity contribution in [1.82, 2.24) is 0 Å². The molecule has 0 aliphatic heterocycles. The highest BCUT2D eigenvalue weighted by molar-refractivity contribution is 5.72. The summed E-state index contributed by atoms with van der Waals surface area (Å²) in [5.74, 6) is 0.248. The van der Waals surface area contributed by atoms with Crippen molar-refractivity contribution in [3.63, 3.8) is 0 Å². The Morgan fingerprint density at radius 3 is 2.53 bits per heavy atom. The summed E-state index contributed by atoms with van der Waals surface area (Å²) in [5.41, 5.74) is 1.12. The summed E-state index contributed by atoms with van der Waals surface area (Å²) in [5, 5.41) is 0. The molecule has 0 N–H and O–H groups in total. The van der Waals surface area contributed by atoms with Gasteiger partial charge in [-0.25, -0.2) is 0 Å². The van der Waals surface area contributed by atoms with Crippen molar-refractivity contribution in [2.45, 2.75) is 26.2 Å². The number of halogens is 1. The maximum atomic E-state index is 11.8. The van der Waals surface area contributed by atoms with Crippen molar-refractivity contribution in [2.24, 2.45) is 0 Å². The topological polar surface area (TPSA) is 26.3 Å². The van der Waals surface area contributed by atoms with Crippen LogP contribution in [0.25, 0.3) is 0 Å². The lowest BCUT2D eigenvalue weighted by atomic mass is 10.2. The lowest BCUT2D eigenvalue weighted by molar-refractivity contribution is -0.134. The van der Waals surface area contributed by atoms with Crippen LogP contribution >= 0.6 is 0 Å². The molecule has 1 aromatic rings. The standard InChI is InChI=1S/C12H15FO2/c1-10-5-7-11(8-6-10)15-12(14)4-2-3-9-13/h5-8H,2-4,9H2,1H3. The van der Waals surface area contributed by atoms with Gasteiger partial charge in [-0.15, -0.1) is 0 Å². The number of unbranched alkanes of at least 4 members (excludes halogenated alkanes) is 1. The number of rotatable bonds is 5. The molecule has 0 unspecified atom stereocenters. The van der Waals surface area contributed by atoms with E-state index in [0.29, 0.717) is 18.6 Å². The first-order valence-electron chi connectivity index (χ1n) is 5.05.